The maximum absolute atomic E-state index is 12.8. The van der Waals surface area contributed by atoms with E-state index in [2.05, 4.69) is 22.8 Å². The minimum absolute atomic E-state index is 0.0192. The van der Waals surface area contributed by atoms with Crippen LogP contribution in [0.5, 0.6) is 0 Å². The maximum atomic E-state index is 12.8. The Morgan fingerprint density at radius 1 is 0.839 bits per heavy atom. The first-order valence-corrected chi connectivity index (χ1v) is 10.4. The largest absolute Gasteiger partial charge is 0.355 e. The van der Waals surface area contributed by atoms with Crippen LogP contribution in [0, 0.1) is 0 Å². The normalized spacial score (nSPS) is 11.7. The molecule has 3 aromatic rings. The molecule has 5 nitrogen and oxygen atoms in total. The number of hydrogen-bond acceptors (Lipinski definition) is 3. The monoisotopic (exact) mass is 415 g/mol. The van der Waals surface area contributed by atoms with Gasteiger partial charge in [-0.3, -0.25) is 14.5 Å². The SMILES string of the molecule is CNC(=O)c1ccc(CN(C)CC(=O)N[C@H](Cc2ccccc2)c2ccccc2)cc1. The first-order valence-electron chi connectivity index (χ1n) is 10.4. The number of benzene rings is 3. The lowest BCUT2D eigenvalue weighted by molar-refractivity contribution is -0.122. The molecule has 3 rings (SSSR count). The van der Waals surface area contributed by atoms with Gasteiger partial charge in [-0.2, -0.15) is 0 Å². The number of hydrogen-bond donors (Lipinski definition) is 2. The number of nitrogens with zero attached hydrogens (tertiary/aromatic N) is 1. The van der Waals surface area contributed by atoms with Crippen molar-refractivity contribution >= 4 is 11.8 Å². The fraction of sp³-hybridized carbons (Fsp3) is 0.231. The number of likely N-dealkylation sites (N-methyl/N-ethyl adjacent to an activating group) is 1. The van der Waals surface area contributed by atoms with Crippen molar-refractivity contribution in [1.82, 2.24) is 15.5 Å². The molecule has 0 fully saturated rings. The maximum Gasteiger partial charge on any atom is 0.251 e. The number of nitrogens with one attached hydrogen (secondary N) is 2. The molecule has 0 aromatic heterocycles. The van der Waals surface area contributed by atoms with Gasteiger partial charge in [0.05, 0.1) is 12.6 Å². The molecule has 0 aliphatic carbocycles. The van der Waals surface area contributed by atoms with Crippen molar-refractivity contribution < 1.29 is 9.59 Å². The second kappa shape index (κ2) is 11.1. The van der Waals surface area contributed by atoms with Crippen LogP contribution in [0.3, 0.4) is 0 Å². The quantitative estimate of drug-likeness (QED) is 0.562. The van der Waals surface area contributed by atoms with E-state index in [0.29, 0.717) is 12.1 Å². The predicted molar refractivity (Wildman–Crippen MR) is 124 cm³/mol. The van der Waals surface area contributed by atoms with Crippen molar-refractivity contribution in [3.8, 4) is 0 Å². The Bertz CT molecular complexity index is 973. The Hall–Kier alpha value is -3.44. The van der Waals surface area contributed by atoms with Crippen LogP contribution >= 0.6 is 0 Å². The molecular weight excluding hydrogens is 386 g/mol. The number of amides is 2. The number of rotatable bonds is 9. The molecule has 2 N–H and O–H groups in total. The second-order valence-corrected chi connectivity index (χ2v) is 7.67. The lowest BCUT2D eigenvalue weighted by Crippen LogP contribution is -2.37. The molecule has 1 atom stereocenters. The molecule has 0 heterocycles. The Labute approximate surface area is 184 Å². The minimum atomic E-state index is -0.107. The average Bonchev–Trinajstić information content (AvgIpc) is 2.79. The van der Waals surface area contributed by atoms with E-state index in [1.807, 2.05) is 72.6 Å². The van der Waals surface area contributed by atoms with Gasteiger partial charge in [0.25, 0.3) is 5.91 Å². The predicted octanol–water partition coefficient (Wildman–Crippen LogP) is 3.58. The number of carbonyl (C=O) groups is 2. The highest BCUT2D eigenvalue weighted by Crippen LogP contribution is 2.18. The van der Waals surface area contributed by atoms with Crippen molar-refractivity contribution in [2.45, 2.75) is 19.0 Å². The van der Waals surface area contributed by atoms with E-state index in [0.717, 1.165) is 17.5 Å². The Balaban J connectivity index is 1.60. The Morgan fingerprint density at radius 3 is 2.06 bits per heavy atom. The highest BCUT2D eigenvalue weighted by Gasteiger charge is 2.16. The Kier molecular flexibility index (Phi) is 7.96. The highest BCUT2D eigenvalue weighted by molar-refractivity contribution is 5.93. The van der Waals surface area contributed by atoms with Gasteiger partial charge in [0.1, 0.15) is 0 Å². The molecule has 0 spiro atoms. The van der Waals surface area contributed by atoms with E-state index < -0.39 is 0 Å². The summed E-state index contributed by atoms with van der Waals surface area (Å²) >= 11 is 0. The third-order valence-corrected chi connectivity index (χ3v) is 5.13. The first kappa shape index (κ1) is 22.2. The minimum Gasteiger partial charge on any atom is -0.355 e. The molecule has 0 saturated carbocycles. The van der Waals surface area contributed by atoms with Gasteiger partial charge in [0.15, 0.2) is 0 Å². The van der Waals surface area contributed by atoms with Crippen LogP contribution in [-0.2, 0) is 17.8 Å². The Morgan fingerprint density at radius 2 is 1.45 bits per heavy atom. The van der Waals surface area contributed by atoms with Crippen molar-refractivity contribution in [3.05, 3.63) is 107 Å². The molecule has 0 bridgehead atoms. The molecule has 0 radical (unpaired) electrons. The highest BCUT2D eigenvalue weighted by atomic mass is 16.2. The average molecular weight is 416 g/mol. The molecule has 2 amide bonds. The van der Waals surface area contributed by atoms with E-state index >= 15 is 0 Å². The third-order valence-electron chi connectivity index (χ3n) is 5.13. The van der Waals surface area contributed by atoms with Gasteiger partial charge in [0.2, 0.25) is 5.91 Å². The summed E-state index contributed by atoms with van der Waals surface area (Å²) in [4.78, 5) is 26.4. The van der Waals surface area contributed by atoms with Crippen LogP contribution in [0.25, 0.3) is 0 Å². The van der Waals surface area contributed by atoms with Gasteiger partial charge in [-0.15, -0.1) is 0 Å². The van der Waals surface area contributed by atoms with Gasteiger partial charge in [-0.05, 0) is 42.3 Å². The first-order chi connectivity index (χ1) is 15.0. The zero-order valence-electron chi connectivity index (χ0n) is 18.0. The fourth-order valence-corrected chi connectivity index (χ4v) is 3.55. The summed E-state index contributed by atoms with van der Waals surface area (Å²) in [5, 5.41) is 5.81. The van der Waals surface area contributed by atoms with Crippen molar-refractivity contribution in [2.24, 2.45) is 0 Å². The topological polar surface area (TPSA) is 61.4 Å². The molecular formula is C26H29N3O2. The molecule has 31 heavy (non-hydrogen) atoms. The summed E-state index contributed by atoms with van der Waals surface area (Å²) in [6.45, 7) is 0.908. The molecule has 0 saturated heterocycles. The lowest BCUT2D eigenvalue weighted by Gasteiger charge is -2.22. The van der Waals surface area contributed by atoms with Gasteiger partial charge in [-0.25, -0.2) is 0 Å². The zero-order chi connectivity index (χ0) is 22.1. The van der Waals surface area contributed by atoms with E-state index in [1.54, 1.807) is 19.2 Å². The molecule has 160 valence electrons. The van der Waals surface area contributed by atoms with Crippen LogP contribution in [0.1, 0.15) is 33.1 Å². The van der Waals surface area contributed by atoms with Crippen molar-refractivity contribution in [1.29, 1.82) is 0 Å². The van der Waals surface area contributed by atoms with E-state index in [-0.39, 0.29) is 24.4 Å². The molecule has 0 unspecified atom stereocenters. The summed E-state index contributed by atoms with van der Waals surface area (Å²) in [6, 6.07) is 27.6. The summed E-state index contributed by atoms with van der Waals surface area (Å²) in [6.07, 6.45) is 0.737. The van der Waals surface area contributed by atoms with E-state index in [1.165, 1.54) is 5.56 Å². The lowest BCUT2D eigenvalue weighted by atomic mass is 9.99. The summed E-state index contributed by atoms with van der Waals surface area (Å²) in [5.74, 6) is -0.126. The molecule has 0 aliphatic rings. The zero-order valence-corrected chi connectivity index (χ0v) is 18.0. The summed E-state index contributed by atoms with van der Waals surface area (Å²) in [5.41, 5.74) is 3.94. The van der Waals surface area contributed by atoms with Crippen LogP contribution in [-0.4, -0.2) is 37.4 Å². The van der Waals surface area contributed by atoms with Crippen LogP contribution in [0.4, 0.5) is 0 Å². The van der Waals surface area contributed by atoms with E-state index in [4.69, 9.17) is 0 Å². The standard InChI is InChI=1S/C26H29N3O2/c1-27-26(31)23-15-13-21(14-16-23)18-29(2)19-25(30)28-24(22-11-7-4-8-12-22)17-20-9-5-3-6-10-20/h3-16,24H,17-19H2,1-2H3,(H,27,31)(H,28,30)/t24-/m1/s1. The molecule has 3 aromatic carbocycles. The van der Waals surface area contributed by atoms with Crippen molar-refractivity contribution in [2.75, 3.05) is 20.6 Å². The van der Waals surface area contributed by atoms with Crippen LogP contribution in [0.15, 0.2) is 84.9 Å². The second-order valence-electron chi connectivity index (χ2n) is 7.67. The van der Waals surface area contributed by atoms with Gasteiger partial charge in [0, 0.05) is 19.2 Å². The van der Waals surface area contributed by atoms with E-state index in [9.17, 15) is 9.59 Å². The number of carbonyl (C=O) groups excluding carboxylic acids is 2. The smallest absolute Gasteiger partial charge is 0.251 e. The summed E-state index contributed by atoms with van der Waals surface area (Å²) < 4.78 is 0. The van der Waals surface area contributed by atoms with Gasteiger partial charge < -0.3 is 10.6 Å². The van der Waals surface area contributed by atoms with Gasteiger partial charge in [-0.1, -0.05) is 72.8 Å². The van der Waals surface area contributed by atoms with Crippen LogP contribution < -0.4 is 10.6 Å². The molecule has 5 heteroatoms. The third kappa shape index (κ3) is 6.79. The fourth-order valence-electron chi connectivity index (χ4n) is 3.55. The molecule has 0 aliphatic heterocycles. The van der Waals surface area contributed by atoms with Gasteiger partial charge >= 0.3 is 0 Å². The van der Waals surface area contributed by atoms with Crippen LogP contribution in [0.2, 0.25) is 0 Å². The summed E-state index contributed by atoms with van der Waals surface area (Å²) in [7, 11) is 3.53. The van der Waals surface area contributed by atoms with Crippen molar-refractivity contribution in [3.63, 3.8) is 0 Å².